The minimum Gasteiger partial charge on any atom is -0.357 e. The third-order valence-corrected chi connectivity index (χ3v) is 7.07. The van der Waals surface area contributed by atoms with Crippen LogP contribution >= 0.6 is 0 Å². The van der Waals surface area contributed by atoms with Crippen LogP contribution in [0, 0.1) is 5.41 Å². The van der Waals surface area contributed by atoms with Crippen LogP contribution in [0.1, 0.15) is 49.1 Å². The number of piperidine rings is 2. The lowest BCUT2D eigenvalue weighted by Crippen LogP contribution is -2.54. The van der Waals surface area contributed by atoms with E-state index in [4.69, 9.17) is 0 Å². The Morgan fingerprint density at radius 3 is 2.45 bits per heavy atom. The zero-order valence-electron chi connectivity index (χ0n) is 17.0. The second-order valence-corrected chi connectivity index (χ2v) is 9.01. The molecule has 2 aliphatic heterocycles. The number of rotatable bonds is 4. The molecule has 3 fully saturated rings. The van der Waals surface area contributed by atoms with Gasteiger partial charge < -0.3 is 9.80 Å². The number of carbonyl (C=O) groups is 1. The normalized spacial score (nSPS) is 24.0. The molecule has 150 valence electrons. The van der Waals surface area contributed by atoms with Gasteiger partial charge in [-0.15, -0.1) is 0 Å². The van der Waals surface area contributed by atoms with Gasteiger partial charge in [0.1, 0.15) is 5.82 Å². The molecule has 1 atom stereocenters. The predicted octanol–water partition coefficient (Wildman–Crippen LogP) is 4.49. The molecule has 1 aromatic carbocycles. The summed E-state index contributed by atoms with van der Waals surface area (Å²) in [5.41, 5.74) is 2.47. The summed E-state index contributed by atoms with van der Waals surface area (Å²) in [6.07, 6.45) is 9.30. The van der Waals surface area contributed by atoms with Crippen molar-refractivity contribution in [1.29, 1.82) is 0 Å². The number of likely N-dealkylation sites (tertiary alicyclic amines) is 1. The molecular formula is C25H29N3O. The van der Waals surface area contributed by atoms with Gasteiger partial charge in [-0.1, -0.05) is 43.0 Å². The van der Waals surface area contributed by atoms with Crippen molar-refractivity contribution in [3.63, 3.8) is 0 Å². The van der Waals surface area contributed by atoms with Crippen LogP contribution in [-0.4, -0.2) is 41.5 Å². The first-order valence-corrected chi connectivity index (χ1v) is 10.9. The number of hydrogen-bond acceptors (Lipinski definition) is 3. The van der Waals surface area contributed by atoms with E-state index in [2.05, 4.69) is 57.8 Å². The number of pyridine rings is 1. The second kappa shape index (κ2) is 7.33. The summed E-state index contributed by atoms with van der Waals surface area (Å²) in [7, 11) is 0. The Kier molecular flexibility index (Phi) is 4.65. The average Bonchev–Trinajstić information content (AvgIpc) is 3.62. The number of aromatic nitrogens is 1. The van der Waals surface area contributed by atoms with Crippen LogP contribution in [0.5, 0.6) is 0 Å². The number of amides is 1. The summed E-state index contributed by atoms with van der Waals surface area (Å²) in [6.45, 7) is 6.77. The van der Waals surface area contributed by atoms with Crippen molar-refractivity contribution in [2.45, 2.75) is 44.1 Å². The molecule has 1 aromatic heterocycles. The van der Waals surface area contributed by atoms with Crippen molar-refractivity contribution in [1.82, 2.24) is 9.88 Å². The maximum Gasteiger partial charge on any atom is 0.230 e. The molecule has 1 aliphatic carbocycles. The topological polar surface area (TPSA) is 36.4 Å². The quantitative estimate of drug-likeness (QED) is 0.776. The maximum absolute atomic E-state index is 13.3. The molecule has 1 unspecified atom stereocenters. The summed E-state index contributed by atoms with van der Waals surface area (Å²) in [5.74, 6) is 1.42. The third kappa shape index (κ3) is 3.57. The Bertz CT molecular complexity index is 880. The van der Waals surface area contributed by atoms with Gasteiger partial charge in [0.25, 0.3) is 0 Å². The molecule has 3 aliphatic rings. The van der Waals surface area contributed by atoms with E-state index in [1.807, 2.05) is 18.3 Å². The van der Waals surface area contributed by atoms with Gasteiger partial charge in [0.05, 0.1) is 5.92 Å². The molecule has 2 aromatic rings. The minimum atomic E-state index is 0.0158. The fourth-order valence-corrected chi connectivity index (χ4v) is 5.14. The van der Waals surface area contributed by atoms with Crippen molar-refractivity contribution in [3.05, 3.63) is 66.4 Å². The van der Waals surface area contributed by atoms with Crippen LogP contribution in [0.15, 0.2) is 55.2 Å². The zero-order chi connectivity index (χ0) is 19.8. The highest BCUT2D eigenvalue weighted by Gasteiger charge is 2.49. The highest BCUT2D eigenvalue weighted by Crippen LogP contribution is 2.48. The van der Waals surface area contributed by atoms with Crippen molar-refractivity contribution < 1.29 is 4.79 Å². The molecule has 0 bridgehead atoms. The molecule has 2 saturated heterocycles. The lowest BCUT2D eigenvalue weighted by atomic mass is 9.67. The van der Waals surface area contributed by atoms with Gasteiger partial charge in [0.2, 0.25) is 5.91 Å². The van der Waals surface area contributed by atoms with Crippen molar-refractivity contribution in [2.75, 3.05) is 24.5 Å². The molecule has 29 heavy (non-hydrogen) atoms. The summed E-state index contributed by atoms with van der Waals surface area (Å²) in [4.78, 5) is 22.5. The van der Waals surface area contributed by atoms with Crippen LogP contribution in [0.3, 0.4) is 0 Å². The van der Waals surface area contributed by atoms with Crippen LogP contribution in [0.25, 0.3) is 6.08 Å². The van der Waals surface area contributed by atoms with E-state index in [0.717, 1.165) is 50.3 Å². The first-order chi connectivity index (χ1) is 14.2. The number of benzene rings is 1. The number of anilines is 1. The van der Waals surface area contributed by atoms with Gasteiger partial charge in [-0.05, 0) is 60.8 Å². The molecule has 0 radical (unpaired) electrons. The van der Waals surface area contributed by atoms with Crippen LogP contribution in [0.4, 0.5) is 5.82 Å². The van der Waals surface area contributed by atoms with E-state index in [1.54, 1.807) is 0 Å². The Labute approximate surface area is 173 Å². The molecule has 3 heterocycles. The Morgan fingerprint density at radius 1 is 1.07 bits per heavy atom. The van der Waals surface area contributed by atoms with E-state index in [9.17, 15) is 4.79 Å². The van der Waals surface area contributed by atoms with Crippen molar-refractivity contribution >= 4 is 17.8 Å². The molecule has 5 rings (SSSR count). The Hall–Kier alpha value is -2.62. The predicted molar refractivity (Wildman–Crippen MR) is 117 cm³/mol. The molecule has 4 heteroatoms. The molecule has 1 amide bonds. The van der Waals surface area contributed by atoms with Crippen LogP contribution in [0.2, 0.25) is 0 Å². The first-order valence-electron chi connectivity index (χ1n) is 10.9. The largest absolute Gasteiger partial charge is 0.357 e. The number of carbonyl (C=O) groups excluding carboxylic acids is 1. The molecule has 1 spiro atoms. The summed E-state index contributed by atoms with van der Waals surface area (Å²) < 4.78 is 0. The standard InChI is InChI=1S/C25H29N3O/c1-2-19-8-11-23(26-17-19)27-14-12-25(13-15-27)16-22(20-6-4-3-5-7-20)24(29)28(18-25)21-9-10-21/h2-8,11,17,21-22H,1,9-10,12-16,18H2. The van der Waals surface area contributed by atoms with Crippen LogP contribution in [-0.2, 0) is 4.79 Å². The maximum atomic E-state index is 13.3. The van der Waals surface area contributed by atoms with E-state index in [-0.39, 0.29) is 11.3 Å². The number of nitrogens with zero attached hydrogens (tertiary/aromatic N) is 3. The fourth-order valence-electron chi connectivity index (χ4n) is 5.14. The molecule has 1 saturated carbocycles. The molecule has 0 N–H and O–H groups in total. The van der Waals surface area contributed by atoms with Crippen molar-refractivity contribution in [2.24, 2.45) is 5.41 Å². The lowest BCUT2D eigenvalue weighted by molar-refractivity contribution is -0.141. The van der Waals surface area contributed by atoms with E-state index in [1.165, 1.54) is 18.4 Å². The molecular weight excluding hydrogens is 358 g/mol. The number of hydrogen-bond donors (Lipinski definition) is 0. The minimum absolute atomic E-state index is 0.0158. The van der Waals surface area contributed by atoms with E-state index in [0.29, 0.717) is 11.9 Å². The lowest BCUT2D eigenvalue weighted by Gasteiger charge is -2.50. The summed E-state index contributed by atoms with van der Waals surface area (Å²) >= 11 is 0. The highest BCUT2D eigenvalue weighted by atomic mass is 16.2. The smallest absolute Gasteiger partial charge is 0.230 e. The van der Waals surface area contributed by atoms with Crippen LogP contribution < -0.4 is 4.90 Å². The second-order valence-electron chi connectivity index (χ2n) is 9.01. The van der Waals surface area contributed by atoms with E-state index >= 15 is 0 Å². The third-order valence-electron chi connectivity index (χ3n) is 7.07. The van der Waals surface area contributed by atoms with Gasteiger partial charge in [-0.2, -0.15) is 0 Å². The van der Waals surface area contributed by atoms with Crippen molar-refractivity contribution in [3.8, 4) is 0 Å². The van der Waals surface area contributed by atoms with Gasteiger partial charge >= 0.3 is 0 Å². The first kappa shape index (κ1) is 18.4. The molecule has 4 nitrogen and oxygen atoms in total. The fraction of sp³-hybridized carbons (Fsp3) is 0.440. The Morgan fingerprint density at radius 2 is 1.83 bits per heavy atom. The monoisotopic (exact) mass is 387 g/mol. The summed E-state index contributed by atoms with van der Waals surface area (Å²) in [5, 5.41) is 0. The highest BCUT2D eigenvalue weighted by molar-refractivity contribution is 5.85. The van der Waals surface area contributed by atoms with Gasteiger partial charge in [-0.3, -0.25) is 4.79 Å². The van der Waals surface area contributed by atoms with Gasteiger partial charge in [-0.25, -0.2) is 4.98 Å². The van der Waals surface area contributed by atoms with Gasteiger partial charge in [0, 0.05) is 31.9 Å². The SMILES string of the molecule is C=Cc1ccc(N2CCC3(CC2)CC(c2ccccc2)C(=O)N(C2CC2)C3)nc1. The Balaban J connectivity index is 1.35. The van der Waals surface area contributed by atoms with Gasteiger partial charge in [0.15, 0.2) is 0 Å². The summed E-state index contributed by atoms with van der Waals surface area (Å²) in [6, 6.07) is 15.1. The zero-order valence-corrected chi connectivity index (χ0v) is 17.0. The average molecular weight is 388 g/mol. The van der Waals surface area contributed by atoms with E-state index < -0.39 is 0 Å².